The standard InChI is InChI=1S/C13H27N3O/c1-11(13(2,3)4)15(5)12(17)10-16-8-6-14-7-9-16/h11,14H,6-10H2,1-5H3. The molecule has 100 valence electrons. The Balaban J connectivity index is 2.46. The van der Waals surface area contributed by atoms with Crippen molar-refractivity contribution in [2.24, 2.45) is 5.41 Å². The Morgan fingerprint density at radius 2 is 1.88 bits per heavy atom. The van der Waals surface area contributed by atoms with Crippen LogP contribution in [0.15, 0.2) is 0 Å². The molecule has 1 rings (SSSR count). The summed E-state index contributed by atoms with van der Waals surface area (Å²) in [6, 6.07) is 0.262. The average molecular weight is 241 g/mol. The van der Waals surface area contributed by atoms with E-state index in [1.54, 1.807) is 0 Å². The van der Waals surface area contributed by atoms with Crippen LogP contribution in [0.5, 0.6) is 0 Å². The van der Waals surface area contributed by atoms with Crippen LogP contribution in [-0.2, 0) is 4.79 Å². The quantitative estimate of drug-likeness (QED) is 0.793. The fourth-order valence-electron chi connectivity index (χ4n) is 1.97. The molecule has 0 radical (unpaired) electrons. The summed E-state index contributed by atoms with van der Waals surface area (Å²) in [6.45, 7) is 13.1. The molecule has 0 saturated carbocycles. The van der Waals surface area contributed by atoms with Gasteiger partial charge in [0.25, 0.3) is 0 Å². The number of hydrogen-bond donors (Lipinski definition) is 1. The van der Waals surface area contributed by atoms with Crippen LogP contribution in [0, 0.1) is 5.41 Å². The molecular weight excluding hydrogens is 214 g/mol. The molecule has 1 saturated heterocycles. The number of amides is 1. The Labute approximate surface area is 105 Å². The molecule has 1 heterocycles. The first-order valence-electron chi connectivity index (χ1n) is 6.51. The van der Waals surface area contributed by atoms with Gasteiger partial charge in [-0.2, -0.15) is 0 Å². The smallest absolute Gasteiger partial charge is 0.236 e. The summed E-state index contributed by atoms with van der Waals surface area (Å²) in [5.41, 5.74) is 0.133. The summed E-state index contributed by atoms with van der Waals surface area (Å²) in [4.78, 5) is 16.3. The van der Waals surface area contributed by atoms with Crippen LogP contribution < -0.4 is 5.32 Å². The number of piperazine rings is 1. The Kier molecular flexibility index (Phi) is 4.95. The lowest BCUT2D eigenvalue weighted by Gasteiger charge is -2.37. The van der Waals surface area contributed by atoms with E-state index in [2.05, 4.69) is 37.9 Å². The lowest BCUT2D eigenvalue weighted by molar-refractivity contribution is -0.135. The number of rotatable bonds is 3. The molecular formula is C13H27N3O. The monoisotopic (exact) mass is 241 g/mol. The lowest BCUT2D eigenvalue weighted by Crippen LogP contribution is -2.50. The predicted octanol–water partition coefficient (Wildman–Crippen LogP) is 0.785. The number of nitrogens with zero attached hydrogens (tertiary/aromatic N) is 2. The van der Waals surface area contributed by atoms with Gasteiger partial charge < -0.3 is 10.2 Å². The maximum absolute atomic E-state index is 12.2. The highest BCUT2D eigenvalue weighted by atomic mass is 16.2. The molecule has 1 fully saturated rings. The normalized spacial score (nSPS) is 20.1. The summed E-state index contributed by atoms with van der Waals surface area (Å²) in [5, 5.41) is 3.30. The van der Waals surface area contributed by atoms with Crippen LogP contribution >= 0.6 is 0 Å². The third-order valence-corrected chi connectivity index (χ3v) is 3.80. The molecule has 4 nitrogen and oxygen atoms in total. The fourth-order valence-corrected chi connectivity index (χ4v) is 1.97. The second kappa shape index (κ2) is 5.83. The fraction of sp³-hybridized carbons (Fsp3) is 0.923. The summed E-state index contributed by atoms with van der Waals surface area (Å²) < 4.78 is 0. The first kappa shape index (κ1) is 14.5. The first-order valence-corrected chi connectivity index (χ1v) is 6.51. The first-order chi connectivity index (χ1) is 7.82. The summed E-state index contributed by atoms with van der Waals surface area (Å²) >= 11 is 0. The Morgan fingerprint density at radius 3 is 2.35 bits per heavy atom. The highest BCUT2D eigenvalue weighted by molar-refractivity contribution is 5.78. The van der Waals surface area contributed by atoms with Crippen LogP contribution in [0.25, 0.3) is 0 Å². The van der Waals surface area contributed by atoms with Crippen LogP contribution in [0.2, 0.25) is 0 Å². The number of carbonyl (C=O) groups is 1. The minimum Gasteiger partial charge on any atom is -0.341 e. The van der Waals surface area contributed by atoms with Gasteiger partial charge >= 0.3 is 0 Å². The molecule has 0 aromatic rings. The van der Waals surface area contributed by atoms with Gasteiger partial charge in [-0.05, 0) is 12.3 Å². The molecule has 1 aliphatic heterocycles. The predicted molar refractivity (Wildman–Crippen MR) is 71.0 cm³/mol. The summed E-state index contributed by atoms with van der Waals surface area (Å²) in [7, 11) is 1.92. The zero-order valence-corrected chi connectivity index (χ0v) is 11.9. The molecule has 0 aromatic carbocycles. The Hall–Kier alpha value is -0.610. The number of likely N-dealkylation sites (N-methyl/N-ethyl adjacent to an activating group) is 1. The zero-order chi connectivity index (χ0) is 13.1. The second-order valence-corrected chi connectivity index (χ2v) is 6.07. The van der Waals surface area contributed by atoms with Crippen molar-refractivity contribution in [2.45, 2.75) is 33.7 Å². The Morgan fingerprint density at radius 1 is 1.35 bits per heavy atom. The van der Waals surface area contributed by atoms with E-state index in [-0.39, 0.29) is 17.4 Å². The SMILES string of the molecule is CC(N(C)C(=O)CN1CCNCC1)C(C)(C)C. The van der Waals surface area contributed by atoms with E-state index in [4.69, 9.17) is 0 Å². The highest BCUT2D eigenvalue weighted by Gasteiger charge is 2.27. The van der Waals surface area contributed by atoms with Crippen LogP contribution in [-0.4, -0.2) is 61.5 Å². The van der Waals surface area contributed by atoms with Crippen LogP contribution in [0.1, 0.15) is 27.7 Å². The minimum atomic E-state index is 0.133. The van der Waals surface area contributed by atoms with Gasteiger partial charge in [0, 0.05) is 39.3 Å². The molecule has 1 aliphatic rings. The molecule has 0 bridgehead atoms. The molecule has 17 heavy (non-hydrogen) atoms. The van der Waals surface area contributed by atoms with E-state index < -0.39 is 0 Å². The van der Waals surface area contributed by atoms with Crippen molar-refractivity contribution in [1.29, 1.82) is 0 Å². The second-order valence-electron chi connectivity index (χ2n) is 6.07. The molecule has 4 heteroatoms. The third-order valence-electron chi connectivity index (χ3n) is 3.80. The van der Waals surface area contributed by atoms with E-state index in [0.29, 0.717) is 6.54 Å². The van der Waals surface area contributed by atoms with E-state index >= 15 is 0 Å². The van der Waals surface area contributed by atoms with Gasteiger partial charge in [0.15, 0.2) is 0 Å². The van der Waals surface area contributed by atoms with Crippen molar-refractivity contribution >= 4 is 5.91 Å². The van der Waals surface area contributed by atoms with Crippen LogP contribution in [0.3, 0.4) is 0 Å². The summed E-state index contributed by atoms with van der Waals surface area (Å²) in [6.07, 6.45) is 0. The number of nitrogens with one attached hydrogen (secondary N) is 1. The van der Waals surface area contributed by atoms with Crippen molar-refractivity contribution in [2.75, 3.05) is 39.8 Å². The van der Waals surface area contributed by atoms with Crippen molar-refractivity contribution < 1.29 is 4.79 Å². The summed E-state index contributed by atoms with van der Waals surface area (Å²) in [5.74, 6) is 0.231. The molecule has 0 spiro atoms. The van der Waals surface area contributed by atoms with Gasteiger partial charge in [-0.25, -0.2) is 0 Å². The molecule has 1 atom stereocenters. The molecule has 0 aliphatic carbocycles. The molecule has 1 unspecified atom stereocenters. The van der Waals surface area contributed by atoms with Crippen LogP contribution in [0.4, 0.5) is 0 Å². The minimum absolute atomic E-state index is 0.133. The van der Waals surface area contributed by atoms with Gasteiger partial charge in [0.05, 0.1) is 6.54 Å². The topological polar surface area (TPSA) is 35.6 Å². The van der Waals surface area contributed by atoms with Gasteiger partial charge in [0.2, 0.25) is 5.91 Å². The zero-order valence-electron chi connectivity index (χ0n) is 11.9. The van der Waals surface area contributed by atoms with E-state index in [0.717, 1.165) is 26.2 Å². The largest absolute Gasteiger partial charge is 0.341 e. The number of hydrogen-bond acceptors (Lipinski definition) is 3. The Bertz CT molecular complexity index is 254. The van der Waals surface area contributed by atoms with Gasteiger partial charge in [-0.1, -0.05) is 20.8 Å². The van der Waals surface area contributed by atoms with Crippen molar-refractivity contribution in [3.05, 3.63) is 0 Å². The van der Waals surface area contributed by atoms with Gasteiger partial charge in [0.1, 0.15) is 0 Å². The molecule has 1 amide bonds. The van der Waals surface area contributed by atoms with Crippen molar-refractivity contribution in [3.8, 4) is 0 Å². The molecule has 0 aromatic heterocycles. The average Bonchev–Trinajstić information content (AvgIpc) is 2.27. The molecule has 1 N–H and O–H groups in total. The van der Waals surface area contributed by atoms with Gasteiger partial charge in [-0.15, -0.1) is 0 Å². The third kappa shape index (κ3) is 4.28. The maximum atomic E-state index is 12.2. The van der Waals surface area contributed by atoms with E-state index in [9.17, 15) is 4.79 Å². The maximum Gasteiger partial charge on any atom is 0.236 e. The lowest BCUT2D eigenvalue weighted by atomic mass is 9.87. The number of carbonyl (C=O) groups excluding carboxylic acids is 1. The van der Waals surface area contributed by atoms with E-state index in [1.807, 2.05) is 11.9 Å². The van der Waals surface area contributed by atoms with Crippen molar-refractivity contribution in [3.63, 3.8) is 0 Å². The van der Waals surface area contributed by atoms with Crippen molar-refractivity contribution in [1.82, 2.24) is 15.1 Å². The highest BCUT2D eigenvalue weighted by Crippen LogP contribution is 2.23. The van der Waals surface area contributed by atoms with Gasteiger partial charge in [-0.3, -0.25) is 9.69 Å². The van der Waals surface area contributed by atoms with E-state index in [1.165, 1.54) is 0 Å².